The molecule has 3 aromatic rings. The van der Waals surface area contributed by atoms with Crippen LogP contribution in [-0.2, 0) is 23.8 Å². The molecule has 1 atom stereocenters. The first-order valence-corrected chi connectivity index (χ1v) is 14.2. The Morgan fingerprint density at radius 2 is 1.84 bits per heavy atom. The van der Waals surface area contributed by atoms with Crippen LogP contribution >= 0.6 is 0 Å². The van der Waals surface area contributed by atoms with Gasteiger partial charge in [0, 0.05) is 74.1 Å². The van der Waals surface area contributed by atoms with E-state index in [2.05, 4.69) is 56.7 Å². The molecule has 1 saturated carbocycles. The van der Waals surface area contributed by atoms with Crippen molar-refractivity contribution in [3.05, 3.63) is 59.5 Å². The van der Waals surface area contributed by atoms with Crippen LogP contribution < -0.4 is 4.74 Å². The van der Waals surface area contributed by atoms with E-state index in [1.165, 1.54) is 41.5 Å². The van der Waals surface area contributed by atoms with Gasteiger partial charge < -0.3 is 19.3 Å². The lowest BCUT2D eigenvalue weighted by atomic mass is 9.68. The minimum atomic E-state index is -0.103. The quantitative estimate of drug-likeness (QED) is 0.538. The van der Waals surface area contributed by atoms with Crippen molar-refractivity contribution < 1.29 is 14.6 Å². The highest BCUT2D eigenvalue weighted by Crippen LogP contribution is 2.50. The van der Waals surface area contributed by atoms with E-state index in [0.29, 0.717) is 5.91 Å². The number of aryl methyl sites for hydroxylation is 1. The number of hydrogen-bond acceptors (Lipinski definition) is 5. The Morgan fingerprint density at radius 3 is 2.53 bits per heavy atom. The summed E-state index contributed by atoms with van der Waals surface area (Å²) in [6.07, 6.45) is 11.3. The molecule has 0 radical (unpaired) electrons. The van der Waals surface area contributed by atoms with Gasteiger partial charge in [-0.2, -0.15) is 0 Å². The van der Waals surface area contributed by atoms with Crippen molar-refractivity contribution in [1.29, 1.82) is 0 Å². The molecule has 1 amide bonds. The number of ether oxygens (including phenoxy) is 1. The zero-order valence-corrected chi connectivity index (χ0v) is 22.7. The number of piperidine rings is 1. The number of benzene rings is 1. The van der Waals surface area contributed by atoms with Gasteiger partial charge in [-0.3, -0.25) is 14.7 Å². The number of likely N-dealkylation sites (tertiary alicyclic amines) is 1. The smallest absolute Gasteiger partial charge is 0.225 e. The average molecular weight is 517 g/mol. The monoisotopic (exact) mass is 516 g/mol. The molecule has 202 valence electrons. The van der Waals surface area contributed by atoms with Gasteiger partial charge >= 0.3 is 0 Å². The Bertz CT molecular complexity index is 1290. The maximum absolute atomic E-state index is 13.4. The molecule has 0 bridgehead atoms. The number of amides is 1. The van der Waals surface area contributed by atoms with Crippen LogP contribution in [0.2, 0.25) is 0 Å². The molecule has 2 fully saturated rings. The number of methoxy groups -OCH3 is 1. The molecule has 4 heterocycles. The van der Waals surface area contributed by atoms with Crippen LogP contribution in [0.1, 0.15) is 67.8 Å². The van der Waals surface area contributed by atoms with Crippen molar-refractivity contribution in [1.82, 2.24) is 19.4 Å². The van der Waals surface area contributed by atoms with Crippen LogP contribution in [0.4, 0.5) is 0 Å². The molecule has 1 N–H and O–H groups in total. The van der Waals surface area contributed by atoms with E-state index in [9.17, 15) is 9.90 Å². The molecule has 1 spiro atoms. The summed E-state index contributed by atoms with van der Waals surface area (Å²) < 4.78 is 7.85. The lowest BCUT2D eigenvalue weighted by Gasteiger charge is -2.51. The predicted molar refractivity (Wildman–Crippen MR) is 148 cm³/mol. The highest BCUT2D eigenvalue weighted by Gasteiger charge is 2.48. The van der Waals surface area contributed by atoms with E-state index in [0.717, 1.165) is 63.1 Å². The van der Waals surface area contributed by atoms with Crippen LogP contribution in [0.15, 0.2) is 42.7 Å². The molecule has 2 aromatic heterocycles. The molecule has 7 nitrogen and oxygen atoms in total. The molecule has 7 heteroatoms. The van der Waals surface area contributed by atoms with Gasteiger partial charge in [0.2, 0.25) is 5.91 Å². The van der Waals surface area contributed by atoms with Gasteiger partial charge in [-0.25, -0.2) is 0 Å². The van der Waals surface area contributed by atoms with Crippen molar-refractivity contribution in [2.24, 2.45) is 13.0 Å². The molecule has 1 aliphatic carbocycles. The first-order chi connectivity index (χ1) is 18.5. The second kappa shape index (κ2) is 10.3. The summed E-state index contributed by atoms with van der Waals surface area (Å²) in [6, 6.07) is 10.4. The number of aliphatic hydroxyl groups excluding tert-OH is 1. The molecule has 1 saturated heterocycles. The minimum absolute atomic E-state index is 0.0573. The summed E-state index contributed by atoms with van der Waals surface area (Å²) in [4.78, 5) is 22.2. The third-order valence-electron chi connectivity index (χ3n) is 9.54. The minimum Gasteiger partial charge on any atom is -0.497 e. The van der Waals surface area contributed by atoms with Crippen LogP contribution in [0.25, 0.3) is 10.9 Å². The van der Waals surface area contributed by atoms with Crippen LogP contribution in [0, 0.1) is 5.92 Å². The Hall–Kier alpha value is -2.90. The third-order valence-corrected chi connectivity index (χ3v) is 9.54. The Morgan fingerprint density at radius 1 is 1.11 bits per heavy atom. The van der Waals surface area contributed by atoms with Crippen molar-refractivity contribution in [3.8, 4) is 5.75 Å². The van der Waals surface area contributed by atoms with Crippen LogP contribution in [0.5, 0.6) is 5.75 Å². The normalized spacial score (nSPS) is 22.1. The number of fused-ring (bicyclic) bond motifs is 4. The third kappa shape index (κ3) is 4.30. The summed E-state index contributed by atoms with van der Waals surface area (Å²) in [5.74, 6) is 1.43. The summed E-state index contributed by atoms with van der Waals surface area (Å²) in [5.41, 5.74) is 4.82. The molecule has 6 rings (SSSR count). The number of carbonyl (C=O) groups is 1. The van der Waals surface area contributed by atoms with Gasteiger partial charge in [0.25, 0.3) is 0 Å². The fraction of sp³-hybridized carbons (Fsp3) is 0.548. The van der Waals surface area contributed by atoms with E-state index in [1.54, 1.807) is 7.11 Å². The van der Waals surface area contributed by atoms with E-state index >= 15 is 0 Å². The summed E-state index contributed by atoms with van der Waals surface area (Å²) in [5, 5.41) is 12.0. The van der Waals surface area contributed by atoms with Gasteiger partial charge in [-0.15, -0.1) is 0 Å². The van der Waals surface area contributed by atoms with E-state index < -0.39 is 0 Å². The first-order valence-electron chi connectivity index (χ1n) is 14.2. The topological polar surface area (TPSA) is 70.8 Å². The summed E-state index contributed by atoms with van der Waals surface area (Å²) >= 11 is 0. The fourth-order valence-electron chi connectivity index (χ4n) is 7.52. The maximum Gasteiger partial charge on any atom is 0.225 e. The number of aliphatic hydroxyl groups is 1. The number of pyridine rings is 1. The molecule has 3 aliphatic rings. The SMILES string of the molecule is COc1ccc2c3c(n(C)c2c1)[C@H](CO)N(Cc1ccncc1)CC31CCN(C(=O)C2CCCCC2)CC1. The van der Waals surface area contributed by atoms with Gasteiger partial charge in [-0.1, -0.05) is 19.3 Å². The largest absolute Gasteiger partial charge is 0.497 e. The second-order valence-electron chi connectivity index (χ2n) is 11.6. The maximum atomic E-state index is 13.4. The highest BCUT2D eigenvalue weighted by molar-refractivity contribution is 5.89. The van der Waals surface area contributed by atoms with Crippen molar-refractivity contribution >= 4 is 16.8 Å². The molecular formula is C31H40N4O3. The molecule has 1 aromatic carbocycles. The highest BCUT2D eigenvalue weighted by atomic mass is 16.5. The van der Waals surface area contributed by atoms with Gasteiger partial charge in [-0.05, 0) is 61.1 Å². The zero-order chi connectivity index (χ0) is 26.3. The first kappa shape index (κ1) is 25.4. The van der Waals surface area contributed by atoms with Crippen molar-refractivity contribution in [3.63, 3.8) is 0 Å². The van der Waals surface area contributed by atoms with Crippen LogP contribution in [0.3, 0.4) is 0 Å². The van der Waals surface area contributed by atoms with Gasteiger partial charge in [0.15, 0.2) is 0 Å². The number of carbonyl (C=O) groups excluding carboxylic acids is 1. The lowest BCUT2D eigenvalue weighted by Crippen LogP contribution is -2.55. The van der Waals surface area contributed by atoms with Crippen molar-refractivity contribution in [2.45, 2.75) is 62.9 Å². The van der Waals surface area contributed by atoms with E-state index in [1.807, 2.05) is 12.4 Å². The fourth-order valence-corrected chi connectivity index (χ4v) is 7.52. The lowest BCUT2D eigenvalue weighted by molar-refractivity contribution is -0.138. The van der Waals surface area contributed by atoms with E-state index in [-0.39, 0.29) is 24.0 Å². The Labute approximate surface area is 225 Å². The number of nitrogens with zero attached hydrogens (tertiary/aromatic N) is 4. The molecular weight excluding hydrogens is 476 g/mol. The Balaban J connectivity index is 1.39. The molecule has 0 unspecified atom stereocenters. The average Bonchev–Trinajstić information content (AvgIpc) is 3.26. The standard InChI is InChI=1S/C31H40N4O3/c1-33-26-18-24(38-2)8-9-25(26)28-29(33)27(20-36)35(19-22-10-14-32-15-11-22)21-31(28)12-16-34(17-13-31)30(37)23-6-4-3-5-7-23/h8-11,14-15,18,23,27,36H,3-7,12-13,16-17,19-21H2,1-2H3/t27-/m0/s1. The zero-order valence-electron chi connectivity index (χ0n) is 22.7. The number of hydrogen-bond donors (Lipinski definition) is 1. The van der Waals surface area contributed by atoms with Gasteiger partial charge in [0.05, 0.1) is 25.3 Å². The summed E-state index contributed by atoms with van der Waals surface area (Å²) in [7, 11) is 3.83. The molecule has 2 aliphatic heterocycles. The van der Waals surface area contributed by atoms with Gasteiger partial charge in [0.1, 0.15) is 5.75 Å². The van der Waals surface area contributed by atoms with Crippen molar-refractivity contribution in [2.75, 3.05) is 33.4 Å². The molecule has 38 heavy (non-hydrogen) atoms. The van der Waals surface area contributed by atoms with E-state index in [4.69, 9.17) is 4.74 Å². The Kier molecular flexibility index (Phi) is 6.91. The predicted octanol–water partition coefficient (Wildman–Crippen LogP) is 4.57. The summed E-state index contributed by atoms with van der Waals surface area (Å²) in [6.45, 7) is 3.28. The van der Waals surface area contributed by atoms with Crippen LogP contribution in [-0.4, -0.2) is 63.7 Å². The number of rotatable bonds is 5. The second-order valence-corrected chi connectivity index (χ2v) is 11.6. The number of aromatic nitrogens is 2.